The van der Waals surface area contributed by atoms with Crippen LogP contribution in [0.4, 0.5) is 4.39 Å². The molecule has 2 atom stereocenters. The highest BCUT2D eigenvalue weighted by molar-refractivity contribution is 6.31. The van der Waals surface area contributed by atoms with Gasteiger partial charge in [-0.3, -0.25) is 4.79 Å². The van der Waals surface area contributed by atoms with E-state index < -0.39 is 11.9 Å². The van der Waals surface area contributed by atoms with Gasteiger partial charge in [-0.25, -0.2) is 4.39 Å². The third-order valence-corrected chi connectivity index (χ3v) is 2.53. The van der Waals surface area contributed by atoms with Crippen molar-refractivity contribution in [2.75, 3.05) is 0 Å². The summed E-state index contributed by atoms with van der Waals surface area (Å²) in [4.78, 5) is 11.4. The molecule has 0 aliphatic heterocycles. The summed E-state index contributed by atoms with van der Waals surface area (Å²) in [5.41, 5.74) is 6.08. The average Bonchev–Trinajstić information content (AvgIpc) is 2.16. The summed E-state index contributed by atoms with van der Waals surface area (Å²) in [6.07, 6.45) is 0. The minimum absolute atomic E-state index is 0.270. The molecule has 0 aliphatic carbocycles. The largest absolute Gasteiger partial charge is 0.348 e. The summed E-state index contributed by atoms with van der Waals surface area (Å²) in [6, 6.07) is 3.18. The van der Waals surface area contributed by atoms with E-state index in [4.69, 9.17) is 17.3 Å². The van der Waals surface area contributed by atoms with Crippen molar-refractivity contribution in [3.63, 3.8) is 0 Å². The zero-order chi connectivity index (χ0) is 12.3. The molecule has 16 heavy (non-hydrogen) atoms. The fourth-order valence-corrected chi connectivity index (χ4v) is 1.61. The van der Waals surface area contributed by atoms with Crippen LogP contribution in [0.5, 0.6) is 0 Å². The summed E-state index contributed by atoms with van der Waals surface area (Å²) >= 11 is 5.86. The number of rotatable bonds is 3. The molecule has 1 amide bonds. The minimum atomic E-state index is -0.582. The first-order valence-electron chi connectivity index (χ1n) is 4.92. The molecular weight excluding hydrogens is 231 g/mol. The Hall–Kier alpha value is -1.13. The minimum Gasteiger partial charge on any atom is -0.348 e. The van der Waals surface area contributed by atoms with Crippen LogP contribution in [0.2, 0.25) is 5.02 Å². The van der Waals surface area contributed by atoms with Crippen LogP contribution in [-0.4, -0.2) is 11.9 Å². The van der Waals surface area contributed by atoms with Crippen molar-refractivity contribution in [1.82, 2.24) is 5.32 Å². The normalized spacial score (nSPS) is 14.3. The number of halogens is 2. The van der Waals surface area contributed by atoms with Gasteiger partial charge in [-0.05, 0) is 31.5 Å². The lowest BCUT2D eigenvalue weighted by Gasteiger charge is -2.17. The molecule has 0 aromatic heterocycles. The maximum Gasteiger partial charge on any atom is 0.237 e. The number of benzene rings is 1. The lowest BCUT2D eigenvalue weighted by Crippen LogP contribution is -2.39. The lowest BCUT2D eigenvalue weighted by atomic mass is 10.1. The number of carbonyl (C=O) groups is 1. The first-order chi connectivity index (χ1) is 7.41. The summed E-state index contributed by atoms with van der Waals surface area (Å²) < 4.78 is 12.8. The van der Waals surface area contributed by atoms with E-state index in [2.05, 4.69) is 5.32 Å². The predicted molar refractivity (Wildman–Crippen MR) is 61.6 cm³/mol. The second-order valence-corrected chi connectivity index (χ2v) is 4.09. The van der Waals surface area contributed by atoms with Crippen molar-refractivity contribution in [2.24, 2.45) is 5.73 Å². The number of hydrogen-bond donors (Lipinski definition) is 2. The molecule has 0 bridgehead atoms. The van der Waals surface area contributed by atoms with Crippen LogP contribution in [0.1, 0.15) is 25.5 Å². The van der Waals surface area contributed by atoms with E-state index in [0.717, 1.165) is 0 Å². The molecule has 0 aliphatic rings. The van der Waals surface area contributed by atoms with Gasteiger partial charge in [0.1, 0.15) is 5.82 Å². The Morgan fingerprint density at radius 1 is 1.50 bits per heavy atom. The maximum absolute atomic E-state index is 12.8. The highest BCUT2D eigenvalue weighted by atomic mass is 35.5. The van der Waals surface area contributed by atoms with Crippen LogP contribution in [0.15, 0.2) is 18.2 Å². The fraction of sp³-hybridized carbons (Fsp3) is 0.364. The van der Waals surface area contributed by atoms with Gasteiger partial charge in [-0.15, -0.1) is 0 Å². The van der Waals surface area contributed by atoms with E-state index in [9.17, 15) is 9.18 Å². The number of carbonyl (C=O) groups excluding carboxylic acids is 1. The molecular formula is C11H14ClFN2O. The van der Waals surface area contributed by atoms with Crippen LogP contribution >= 0.6 is 11.6 Å². The quantitative estimate of drug-likeness (QED) is 0.855. The number of hydrogen-bond acceptors (Lipinski definition) is 2. The summed E-state index contributed by atoms with van der Waals surface area (Å²) in [7, 11) is 0. The van der Waals surface area contributed by atoms with E-state index in [0.29, 0.717) is 5.56 Å². The second-order valence-electron chi connectivity index (χ2n) is 3.68. The molecule has 0 saturated carbocycles. The molecule has 0 fully saturated rings. The molecule has 0 heterocycles. The molecule has 0 radical (unpaired) electrons. The van der Waals surface area contributed by atoms with Gasteiger partial charge in [0, 0.05) is 5.02 Å². The molecule has 1 unspecified atom stereocenters. The molecule has 1 aromatic carbocycles. The lowest BCUT2D eigenvalue weighted by molar-refractivity contribution is -0.122. The molecule has 88 valence electrons. The second kappa shape index (κ2) is 5.27. The maximum atomic E-state index is 12.8. The van der Waals surface area contributed by atoms with Gasteiger partial charge in [0.05, 0.1) is 12.1 Å². The van der Waals surface area contributed by atoms with Crippen LogP contribution in [0, 0.1) is 5.82 Å². The smallest absolute Gasteiger partial charge is 0.237 e. The van der Waals surface area contributed by atoms with Gasteiger partial charge >= 0.3 is 0 Å². The van der Waals surface area contributed by atoms with Crippen molar-refractivity contribution in [3.8, 4) is 0 Å². The third-order valence-electron chi connectivity index (χ3n) is 2.20. The Morgan fingerprint density at radius 3 is 2.62 bits per heavy atom. The van der Waals surface area contributed by atoms with Crippen LogP contribution in [0.25, 0.3) is 0 Å². The first-order valence-corrected chi connectivity index (χ1v) is 5.30. The van der Waals surface area contributed by atoms with Crippen LogP contribution in [-0.2, 0) is 4.79 Å². The standard InChI is InChI=1S/C11H14ClFN2O/c1-6(14)11(16)15-7(2)9-4-3-8(13)5-10(9)12/h3-7H,14H2,1-2H3,(H,15,16)/t6-,7?/m1/s1. The Bertz CT molecular complexity index is 396. The van der Waals surface area contributed by atoms with E-state index in [1.54, 1.807) is 19.9 Å². The van der Waals surface area contributed by atoms with E-state index in [1.807, 2.05) is 0 Å². The van der Waals surface area contributed by atoms with Gasteiger partial charge in [0.25, 0.3) is 0 Å². The summed E-state index contributed by atoms with van der Waals surface area (Å²) in [5, 5.41) is 2.97. The molecule has 3 nitrogen and oxygen atoms in total. The molecule has 1 rings (SSSR count). The van der Waals surface area contributed by atoms with Gasteiger partial charge in [0.15, 0.2) is 0 Å². The highest BCUT2D eigenvalue weighted by Gasteiger charge is 2.15. The number of nitrogens with two attached hydrogens (primary N) is 1. The van der Waals surface area contributed by atoms with Crippen molar-refractivity contribution in [1.29, 1.82) is 0 Å². The van der Waals surface area contributed by atoms with E-state index in [1.165, 1.54) is 12.1 Å². The molecule has 1 aromatic rings. The van der Waals surface area contributed by atoms with Crippen molar-refractivity contribution in [2.45, 2.75) is 25.9 Å². The summed E-state index contributed by atoms with van der Waals surface area (Å²) in [6.45, 7) is 3.35. The Kier molecular flexibility index (Phi) is 4.26. The molecule has 3 N–H and O–H groups in total. The summed E-state index contributed by atoms with van der Waals surface area (Å²) in [5.74, 6) is -0.674. The van der Waals surface area contributed by atoms with E-state index in [-0.39, 0.29) is 17.0 Å². The van der Waals surface area contributed by atoms with Gasteiger partial charge < -0.3 is 11.1 Å². The Morgan fingerprint density at radius 2 is 2.12 bits per heavy atom. The van der Waals surface area contributed by atoms with Crippen molar-refractivity contribution < 1.29 is 9.18 Å². The SMILES string of the molecule is CC(NC(=O)[C@@H](C)N)c1ccc(F)cc1Cl. The van der Waals surface area contributed by atoms with Gasteiger partial charge in [-0.1, -0.05) is 17.7 Å². The van der Waals surface area contributed by atoms with Crippen LogP contribution in [0.3, 0.4) is 0 Å². The van der Waals surface area contributed by atoms with E-state index >= 15 is 0 Å². The zero-order valence-corrected chi connectivity index (χ0v) is 9.88. The Balaban J connectivity index is 2.80. The molecule has 5 heteroatoms. The monoisotopic (exact) mass is 244 g/mol. The zero-order valence-electron chi connectivity index (χ0n) is 9.13. The van der Waals surface area contributed by atoms with Gasteiger partial charge in [-0.2, -0.15) is 0 Å². The molecule has 0 saturated heterocycles. The average molecular weight is 245 g/mol. The van der Waals surface area contributed by atoms with Crippen LogP contribution < -0.4 is 11.1 Å². The molecule has 0 spiro atoms. The van der Waals surface area contributed by atoms with Gasteiger partial charge in [0.2, 0.25) is 5.91 Å². The Labute approximate surface area is 98.8 Å². The predicted octanol–water partition coefficient (Wildman–Crippen LogP) is 2.00. The van der Waals surface area contributed by atoms with Crippen molar-refractivity contribution in [3.05, 3.63) is 34.6 Å². The first kappa shape index (κ1) is 12.9. The highest BCUT2D eigenvalue weighted by Crippen LogP contribution is 2.23. The number of amides is 1. The van der Waals surface area contributed by atoms with Crippen molar-refractivity contribution >= 4 is 17.5 Å². The fourth-order valence-electron chi connectivity index (χ4n) is 1.28. The number of nitrogens with one attached hydrogen (secondary N) is 1. The third kappa shape index (κ3) is 3.18. The topological polar surface area (TPSA) is 55.1 Å².